The van der Waals surface area contributed by atoms with Gasteiger partial charge in [0, 0.05) is 31.5 Å². The van der Waals surface area contributed by atoms with Crippen molar-refractivity contribution in [2.24, 2.45) is 5.92 Å². The largest absolute Gasteiger partial charge is 0.339 e. The predicted molar refractivity (Wildman–Crippen MR) is 80.1 cm³/mol. The zero-order valence-corrected chi connectivity index (χ0v) is 13.4. The van der Waals surface area contributed by atoms with Crippen molar-refractivity contribution in [3.63, 3.8) is 0 Å². The fourth-order valence-electron chi connectivity index (χ4n) is 2.69. The molecule has 1 aromatic heterocycles. The average Bonchev–Trinajstić information content (AvgIpc) is 2.87. The lowest BCUT2D eigenvalue weighted by molar-refractivity contribution is 0.139. The van der Waals surface area contributed by atoms with E-state index in [9.17, 15) is 4.79 Å². The molecule has 1 aliphatic heterocycles. The Bertz CT molecular complexity index is 472. The normalized spacial score (nSPS) is 22.6. The maximum Gasteiger partial charge on any atom is 0.317 e. The summed E-state index contributed by atoms with van der Waals surface area (Å²) in [6.45, 7) is 9.77. The molecule has 0 saturated carbocycles. The highest BCUT2D eigenvalue weighted by molar-refractivity contribution is 5.74. The molecule has 2 amide bonds. The third-order valence-corrected chi connectivity index (χ3v) is 4.01. The number of urea groups is 1. The second-order valence-corrected chi connectivity index (χ2v) is 6.35. The summed E-state index contributed by atoms with van der Waals surface area (Å²) in [5.41, 5.74) is 0. The molecule has 0 radical (unpaired) electrons. The molecule has 0 bridgehead atoms. The molecule has 6 heteroatoms. The predicted octanol–water partition coefficient (Wildman–Crippen LogP) is 2.57. The van der Waals surface area contributed by atoms with Crippen LogP contribution in [0.5, 0.6) is 0 Å². The first-order valence-electron chi connectivity index (χ1n) is 7.84. The molecule has 21 heavy (non-hydrogen) atoms. The highest BCUT2D eigenvalue weighted by Crippen LogP contribution is 2.21. The van der Waals surface area contributed by atoms with Crippen molar-refractivity contribution in [3.05, 3.63) is 11.7 Å². The Balaban J connectivity index is 1.76. The van der Waals surface area contributed by atoms with E-state index in [1.54, 1.807) is 0 Å². The van der Waals surface area contributed by atoms with Gasteiger partial charge in [0.25, 0.3) is 0 Å². The second kappa shape index (κ2) is 6.91. The van der Waals surface area contributed by atoms with Crippen LogP contribution in [0.3, 0.4) is 0 Å². The molecular weight excluding hydrogens is 268 g/mol. The summed E-state index contributed by atoms with van der Waals surface area (Å²) in [4.78, 5) is 18.4. The Morgan fingerprint density at radius 1 is 1.48 bits per heavy atom. The van der Waals surface area contributed by atoms with Gasteiger partial charge in [0.1, 0.15) is 0 Å². The maximum absolute atomic E-state index is 12.2. The van der Waals surface area contributed by atoms with Crippen LogP contribution in [0.25, 0.3) is 0 Å². The topological polar surface area (TPSA) is 71.3 Å². The van der Waals surface area contributed by atoms with Gasteiger partial charge in [-0.2, -0.15) is 4.98 Å². The lowest BCUT2D eigenvalue weighted by atomic mass is 9.94. The van der Waals surface area contributed by atoms with Crippen molar-refractivity contribution in [1.82, 2.24) is 20.4 Å². The molecule has 1 saturated heterocycles. The first kappa shape index (κ1) is 15.8. The number of hydrogen-bond donors (Lipinski definition) is 1. The fraction of sp³-hybridized carbons (Fsp3) is 0.800. The molecule has 6 nitrogen and oxygen atoms in total. The van der Waals surface area contributed by atoms with Crippen molar-refractivity contribution in [3.8, 4) is 0 Å². The second-order valence-electron chi connectivity index (χ2n) is 6.35. The Labute approximate surface area is 126 Å². The maximum atomic E-state index is 12.2. The smallest absolute Gasteiger partial charge is 0.317 e. The molecule has 0 spiro atoms. The van der Waals surface area contributed by atoms with Gasteiger partial charge in [0.05, 0.1) is 0 Å². The first-order chi connectivity index (χ1) is 9.97. The van der Waals surface area contributed by atoms with Gasteiger partial charge in [-0.15, -0.1) is 0 Å². The van der Waals surface area contributed by atoms with E-state index in [0.717, 1.165) is 25.2 Å². The molecule has 2 heterocycles. The van der Waals surface area contributed by atoms with E-state index in [-0.39, 0.29) is 11.9 Å². The number of carbonyl (C=O) groups excluding carboxylic acids is 1. The molecule has 0 aliphatic carbocycles. The molecule has 118 valence electrons. The van der Waals surface area contributed by atoms with E-state index in [0.29, 0.717) is 30.8 Å². The van der Waals surface area contributed by atoms with E-state index in [1.165, 1.54) is 0 Å². The third-order valence-electron chi connectivity index (χ3n) is 4.01. The summed E-state index contributed by atoms with van der Waals surface area (Å²) in [6.07, 6.45) is 2.73. The van der Waals surface area contributed by atoms with Crippen molar-refractivity contribution < 1.29 is 9.32 Å². The van der Waals surface area contributed by atoms with Crippen molar-refractivity contribution >= 4 is 6.03 Å². The van der Waals surface area contributed by atoms with E-state index in [2.05, 4.69) is 29.3 Å². The summed E-state index contributed by atoms with van der Waals surface area (Å²) in [6, 6.07) is 0.322. The van der Waals surface area contributed by atoms with Crippen molar-refractivity contribution in [1.29, 1.82) is 0 Å². The Morgan fingerprint density at radius 2 is 2.24 bits per heavy atom. The summed E-state index contributed by atoms with van der Waals surface area (Å²) in [5, 5.41) is 6.86. The van der Waals surface area contributed by atoms with Crippen LogP contribution in [-0.2, 0) is 6.42 Å². The quantitative estimate of drug-likeness (QED) is 0.926. The molecule has 1 fully saturated rings. The van der Waals surface area contributed by atoms with Gasteiger partial charge >= 0.3 is 6.03 Å². The Kier molecular flexibility index (Phi) is 5.20. The lowest BCUT2D eigenvalue weighted by Gasteiger charge is -2.36. The lowest BCUT2D eigenvalue weighted by Crippen LogP contribution is -2.49. The van der Waals surface area contributed by atoms with E-state index in [4.69, 9.17) is 4.52 Å². The molecule has 0 aromatic carbocycles. The number of aromatic nitrogens is 2. The van der Waals surface area contributed by atoms with E-state index >= 15 is 0 Å². The highest BCUT2D eigenvalue weighted by Gasteiger charge is 2.26. The summed E-state index contributed by atoms with van der Waals surface area (Å²) in [7, 11) is 0. The number of hydrogen-bond acceptors (Lipinski definition) is 4. The number of carbonyl (C=O) groups is 1. The molecule has 1 N–H and O–H groups in total. The third kappa shape index (κ3) is 4.19. The van der Waals surface area contributed by atoms with Gasteiger partial charge in [0.15, 0.2) is 5.82 Å². The molecular formula is C15H26N4O2. The zero-order chi connectivity index (χ0) is 15.4. The summed E-state index contributed by atoms with van der Waals surface area (Å²) >= 11 is 0. The van der Waals surface area contributed by atoms with Crippen LogP contribution in [0.4, 0.5) is 4.79 Å². The molecule has 1 aromatic rings. The van der Waals surface area contributed by atoms with Gasteiger partial charge in [-0.05, 0) is 25.7 Å². The average molecular weight is 294 g/mol. The molecule has 2 rings (SSSR count). The molecule has 0 unspecified atom stereocenters. The number of piperidine rings is 1. The van der Waals surface area contributed by atoms with Gasteiger partial charge < -0.3 is 14.7 Å². The summed E-state index contributed by atoms with van der Waals surface area (Å²) in [5.74, 6) is 2.26. The zero-order valence-electron chi connectivity index (χ0n) is 13.4. The monoisotopic (exact) mass is 294 g/mol. The highest BCUT2D eigenvalue weighted by atomic mass is 16.5. The van der Waals surface area contributed by atoms with Crippen LogP contribution in [0.15, 0.2) is 4.52 Å². The fourth-order valence-corrected chi connectivity index (χ4v) is 2.69. The minimum atomic E-state index is 0.0120. The van der Waals surface area contributed by atoms with Crippen LogP contribution in [0.2, 0.25) is 0 Å². The van der Waals surface area contributed by atoms with Crippen LogP contribution >= 0.6 is 0 Å². The van der Waals surface area contributed by atoms with Crippen molar-refractivity contribution in [2.75, 3.05) is 13.1 Å². The van der Waals surface area contributed by atoms with Crippen LogP contribution in [-0.4, -0.2) is 40.2 Å². The SMILES string of the molecule is CC(C)c1noc(CCNC(=O)N2CC[C@H](C)C[C@H]2C)n1. The van der Waals surface area contributed by atoms with E-state index < -0.39 is 0 Å². The minimum Gasteiger partial charge on any atom is -0.339 e. The number of nitrogens with zero attached hydrogens (tertiary/aromatic N) is 3. The van der Waals surface area contributed by atoms with E-state index in [1.807, 2.05) is 18.7 Å². The number of amides is 2. The van der Waals surface area contributed by atoms with Gasteiger partial charge in [-0.25, -0.2) is 4.79 Å². The minimum absolute atomic E-state index is 0.0120. The molecule has 2 atom stereocenters. The number of nitrogens with one attached hydrogen (secondary N) is 1. The Hall–Kier alpha value is -1.59. The van der Waals surface area contributed by atoms with Crippen LogP contribution < -0.4 is 5.32 Å². The number of rotatable bonds is 4. The number of likely N-dealkylation sites (tertiary alicyclic amines) is 1. The van der Waals surface area contributed by atoms with Crippen LogP contribution in [0, 0.1) is 5.92 Å². The summed E-state index contributed by atoms with van der Waals surface area (Å²) < 4.78 is 5.16. The van der Waals surface area contributed by atoms with Crippen LogP contribution in [0.1, 0.15) is 58.2 Å². The Morgan fingerprint density at radius 3 is 2.86 bits per heavy atom. The van der Waals surface area contributed by atoms with Gasteiger partial charge in [-0.1, -0.05) is 25.9 Å². The van der Waals surface area contributed by atoms with Crippen molar-refractivity contribution in [2.45, 2.75) is 58.9 Å². The standard InChI is InChI=1S/C15H26N4O2/c1-10(2)14-17-13(21-18-14)5-7-16-15(20)19-8-6-11(3)9-12(19)4/h10-12H,5-9H2,1-4H3,(H,16,20)/t11-,12+/m0/s1. The first-order valence-corrected chi connectivity index (χ1v) is 7.84. The van der Waals surface area contributed by atoms with Gasteiger partial charge in [-0.3, -0.25) is 0 Å². The molecule has 1 aliphatic rings. The van der Waals surface area contributed by atoms with Gasteiger partial charge in [0.2, 0.25) is 5.89 Å².